The van der Waals surface area contributed by atoms with Crippen LogP contribution in [0.4, 0.5) is 0 Å². The fraction of sp³-hybridized carbons (Fsp3) is 0.417. The first kappa shape index (κ1) is 19.6. The Bertz CT molecular complexity index is 915. The molecule has 1 aliphatic carbocycles. The van der Waals surface area contributed by atoms with Gasteiger partial charge < -0.3 is 15.2 Å². The van der Waals surface area contributed by atoms with Crippen LogP contribution in [0, 0.1) is 0 Å². The van der Waals surface area contributed by atoms with Crippen LogP contribution in [0.1, 0.15) is 48.8 Å². The van der Waals surface area contributed by atoms with Crippen molar-refractivity contribution in [2.45, 2.75) is 50.5 Å². The Balaban J connectivity index is 1.34. The van der Waals surface area contributed by atoms with Crippen molar-refractivity contribution in [3.05, 3.63) is 59.2 Å². The van der Waals surface area contributed by atoms with Gasteiger partial charge in [0.05, 0.1) is 12.0 Å². The number of aliphatic carboxylic acids is 1. The van der Waals surface area contributed by atoms with Gasteiger partial charge in [-0.2, -0.15) is 0 Å². The van der Waals surface area contributed by atoms with Gasteiger partial charge in [-0.15, -0.1) is 0 Å². The lowest BCUT2D eigenvalue weighted by molar-refractivity contribution is -0.140. The summed E-state index contributed by atoms with van der Waals surface area (Å²) >= 11 is 0. The maximum absolute atomic E-state index is 12.5. The van der Waals surface area contributed by atoms with Crippen LogP contribution in [0.3, 0.4) is 0 Å². The Labute approximate surface area is 171 Å². The van der Waals surface area contributed by atoms with E-state index in [0.29, 0.717) is 32.5 Å². The van der Waals surface area contributed by atoms with E-state index in [9.17, 15) is 14.7 Å². The van der Waals surface area contributed by atoms with Gasteiger partial charge in [-0.25, -0.2) is 0 Å². The van der Waals surface area contributed by atoms with Gasteiger partial charge in [-0.1, -0.05) is 42.5 Å². The number of carbonyl (C=O) groups excluding carboxylic acids is 1. The number of nitrogens with one attached hydrogen (secondary N) is 1. The molecule has 1 heterocycles. The third-order valence-electron chi connectivity index (χ3n) is 6.08. The van der Waals surface area contributed by atoms with Gasteiger partial charge in [0, 0.05) is 19.6 Å². The van der Waals surface area contributed by atoms with Crippen LogP contribution in [0.25, 0.3) is 11.1 Å². The maximum Gasteiger partial charge on any atom is 0.305 e. The zero-order chi connectivity index (χ0) is 20.3. The Morgan fingerprint density at radius 2 is 1.79 bits per heavy atom. The second-order valence-corrected chi connectivity index (χ2v) is 8.19. The van der Waals surface area contributed by atoms with E-state index in [1.807, 2.05) is 0 Å². The molecule has 1 saturated heterocycles. The Kier molecular flexibility index (Phi) is 5.67. The molecule has 1 amide bonds. The number of carbonyl (C=O) groups is 2. The molecule has 0 atom stereocenters. The lowest BCUT2D eigenvalue weighted by Gasteiger charge is -2.36. The van der Waals surface area contributed by atoms with Crippen LogP contribution in [0.2, 0.25) is 0 Å². The molecule has 0 aromatic heterocycles. The topological polar surface area (TPSA) is 75.6 Å². The van der Waals surface area contributed by atoms with Gasteiger partial charge in [-0.05, 0) is 59.9 Å². The first-order chi connectivity index (χ1) is 14.0. The lowest BCUT2D eigenvalue weighted by Crippen LogP contribution is -2.53. The van der Waals surface area contributed by atoms with Crippen LogP contribution >= 0.6 is 0 Å². The lowest BCUT2D eigenvalue weighted by atomic mass is 9.86. The van der Waals surface area contributed by atoms with Crippen LogP contribution in [0.15, 0.2) is 42.5 Å². The van der Waals surface area contributed by atoms with Crippen molar-refractivity contribution < 1.29 is 19.4 Å². The summed E-state index contributed by atoms with van der Waals surface area (Å²) in [4.78, 5) is 23.7. The molecule has 0 bridgehead atoms. The minimum Gasteiger partial charge on any atom is -0.481 e. The van der Waals surface area contributed by atoms with Crippen LogP contribution in [-0.2, 0) is 27.2 Å². The molecule has 152 valence electrons. The number of hydrogen-bond acceptors (Lipinski definition) is 3. The van der Waals surface area contributed by atoms with Crippen LogP contribution < -0.4 is 5.32 Å². The molecule has 1 aliphatic heterocycles. The van der Waals surface area contributed by atoms with Crippen molar-refractivity contribution in [1.29, 1.82) is 0 Å². The van der Waals surface area contributed by atoms with E-state index in [1.54, 1.807) is 0 Å². The number of amides is 1. The molecule has 2 aromatic rings. The summed E-state index contributed by atoms with van der Waals surface area (Å²) in [5, 5.41) is 12.2. The number of benzene rings is 2. The highest BCUT2D eigenvalue weighted by molar-refractivity contribution is 5.79. The van der Waals surface area contributed by atoms with Crippen molar-refractivity contribution in [3.63, 3.8) is 0 Å². The molecule has 2 aromatic carbocycles. The summed E-state index contributed by atoms with van der Waals surface area (Å²) < 4.78 is 5.34. The quantitative estimate of drug-likeness (QED) is 0.641. The van der Waals surface area contributed by atoms with E-state index in [-0.39, 0.29) is 12.3 Å². The smallest absolute Gasteiger partial charge is 0.305 e. The van der Waals surface area contributed by atoms with Gasteiger partial charge in [0.1, 0.15) is 0 Å². The second-order valence-electron chi connectivity index (χ2n) is 8.19. The number of rotatable bonds is 7. The van der Waals surface area contributed by atoms with Crippen LogP contribution in [-0.4, -0.2) is 35.7 Å². The third-order valence-corrected chi connectivity index (χ3v) is 6.08. The molecule has 0 spiro atoms. The summed E-state index contributed by atoms with van der Waals surface area (Å²) in [5.74, 6) is -0.953. The van der Waals surface area contributed by atoms with Crippen molar-refractivity contribution in [3.8, 4) is 11.1 Å². The van der Waals surface area contributed by atoms with Crippen molar-refractivity contribution in [1.82, 2.24) is 5.32 Å². The summed E-state index contributed by atoms with van der Waals surface area (Å²) in [6, 6.07) is 15.1. The standard InChI is InChI=1S/C24H27NO4/c26-22(25-24(16-23(27)28)10-12-29-13-11-24)7-3-4-17-8-9-19-15-18-5-1-2-6-20(18)21(19)14-17/h1-2,5-6,8-9,14H,3-4,7,10-13,15-16H2,(H,25,26)(H,27,28). The molecule has 2 aliphatic rings. The van der Waals surface area contributed by atoms with E-state index in [4.69, 9.17) is 4.74 Å². The van der Waals surface area contributed by atoms with E-state index in [0.717, 1.165) is 19.3 Å². The van der Waals surface area contributed by atoms with Gasteiger partial charge in [-0.3, -0.25) is 9.59 Å². The highest BCUT2D eigenvalue weighted by atomic mass is 16.5. The Morgan fingerprint density at radius 3 is 2.59 bits per heavy atom. The normalized spacial score (nSPS) is 16.7. The zero-order valence-electron chi connectivity index (χ0n) is 16.6. The predicted molar refractivity (Wildman–Crippen MR) is 111 cm³/mol. The van der Waals surface area contributed by atoms with E-state index >= 15 is 0 Å². The summed E-state index contributed by atoms with van der Waals surface area (Å²) in [6.45, 7) is 0.980. The summed E-state index contributed by atoms with van der Waals surface area (Å²) in [6.07, 6.45) is 4.01. The largest absolute Gasteiger partial charge is 0.481 e. The van der Waals surface area contributed by atoms with Crippen molar-refractivity contribution in [2.24, 2.45) is 0 Å². The summed E-state index contributed by atoms with van der Waals surface area (Å²) in [7, 11) is 0. The molecule has 0 radical (unpaired) electrons. The molecule has 2 N–H and O–H groups in total. The molecule has 0 unspecified atom stereocenters. The van der Waals surface area contributed by atoms with Gasteiger partial charge in [0.25, 0.3) is 0 Å². The Hall–Kier alpha value is -2.66. The molecule has 5 nitrogen and oxygen atoms in total. The fourth-order valence-electron chi connectivity index (χ4n) is 4.54. The first-order valence-corrected chi connectivity index (χ1v) is 10.4. The third kappa shape index (κ3) is 4.51. The van der Waals surface area contributed by atoms with E-state index < -0.39 is 11.5 Å². The van der Waals surface area contributed by atoms with Crippen LogP contribution in [0.5, 0.6) is 0 Å². The highest BCUT2D eigenvalue weighted by Crippen LogP contribution is 2.37. The minimum absolute atomic E-state index is 0.0493. The molecule has 29 heavy (non-hydrogen) atoms. The monoisotopic (exact) mass is 393 g/mol. The average molecular weight is 393 g/mol. The van der Waals surface area contributed by atoms with Gasteiger partial charge in [0.2, 0.25) is 5.91 Å². The predicted octanol–water partition coefficient (Wildman–Crippen LogP) is 3.72. The molecule has 5 heteroatoms. The molecule has 0 saturated carbocycles. The molecule has 4 rings (SSSR count). The number of carboxylic acid groups (broad SMARTS) is 1. The number of carboxylic acids is 1. The Morgan fingerprint density at radius 1 is 1.03 bits per heavy atom. The van der Waals surface area contributed by atoms with Crippen molar-refractivity contribution in [2.75, 3.05) is 13.2 Å². The SMILES string of the molecule is O=C(O)CC1(NC(=O)CCCc2ccc3c(c2)-c2ccccc2C3)CCOCC1. The highest BCUT2D eigenvalue weighted by Gasteiger charge is 2.36. The average Bonchev–Trinajstić information content (AvgIpc) is 3.06. The van der Waals surface area contributed by atoms with E-state index in [2.05, 4.69) is 47.8 Å². The molecular formula is C24H27NO4. The fourth-order valence-corrected chi connectivity index (χ4v) is 4.54. The zero-order valence-corrected chi connectivity index (χ0v) is 16.6. The maximum atomic E-state index is 12.5. The van der Waals surface area contributed by atoms with Gasteiger partial charge in [0.15, 0.2) is 0 Å². The number of fused-ring (bicyclic) bond motifs is 3. The first-order valence-electron chi connectivity index (χ1n) is 10.4. The minimum atomic E-state index is -0.884. The molecule has 1 fully saturated rings. The van der Waals surface area contributed by atoms with Gasteiger partial charge >= 0.3 is 5.97 Å². The van der Waals surface area contributed by atoms with E-state index in [1.165, 1.54) is 27.8 Å². The number of ether oxygens (including phenoxy) is 1. The van der Waals surface area contributed by atoms with Crippen molar-refractivity contribution >= 4 is 11.9 Å². The number of aryl methyl sites for hydroxylation is 1. The summed E-state index contributed by atoms with van der Waals surface area (Å²) in [5.41, 5.74) is 5.93. The second kappa shape index (κ2) is 8.37. The number of hydrogen-bond donors (Lipinski definition) is 2. The molecular weight excluding hydrogens is 366 g/mol.